The molecule has 3 nitrogen and oxygen atoms in total. The van der Waals surface area contributed by atoms with Crippen LogP contribution in [0, 0.1) is 12.7 Å². The predicted octanol–water partition coefficient (Wildman–Crippen LogP) is 2.83. The number of nitrogens with zero attached hydrogens (tertiary/aromatic N) is 2. The average Bonchev–Trinajstić information content (AvgIpc) is 2.70. The zero-order valence-corrected chi connectivity index (χ0v) is 9.77. The van der Waals surface area contributed by atoms with Crippen molar-refractivity contribution in [2.24, 2.45) is 0 Å². The molecule has 0 saturated heterocycles. The van der Waals surface area contributed by atoms with Crippen molar-refractivity contribution in [2.45, 2.75) is 20.4 Å². The molecule has 0 bridgehead atoms. The molecule has 0 saturated carbocycles. The van der Waals surface area contributed by atoms with Crippen LogP contribution in [0.1, 0.15) is 23.0 Å². The number of aromatic nitrogens is 2. The molecule has 0 N–H and O–H groups in total. The van der Waals surface area contributed by atoms with Gasteiger partial charge in [-0.25, -0.2) is 4.39 Å². The minimum atomic E-state index is -0.499. The minimum Gasteiger partial charge on any atom is -0.298 e. The lowest BCUT2D eigenvalue weighted by Crippen LogP contribution is -1.98. The van der Waals surface area contributed by atoms with E-state index < -0.39 is 5.82 Å². The Morgan fingerprint density at radius 1 is 1.47 bits per heavy atom. The molecule has 0 aliphatic carbocycles. The quantitative estimate of drug-likeness (QED) is 0.763. The van der Waals surface area contributed by atoms with E-state index in [9.17, 15) is 9.18 Å². The Balaban J connectivity index is 2.49. The first kappa shape index (κ1) is 11.5. The number of aryl methyl sites for hydroxylation is 1. The molecule has 1 heterocycles. The van der Waals surface area contributed by atoms with E-state index in [1.807, 2.05) is 18.5 Å². The summed E-state index contributed by atoms with van der Waals surface area (Å²) in [5.74, 6) is -0.499. The van der Waals surface area contributed by atoms with Crippen LogP contribution in [0.15, 0.2) is 24.4 Å². The largest absolute Gasteiger partial charge is 0.298 e. The number of carbonyl (C=O) groups is 1. The molecule has 2 rings (SSSR count). The highest BCUT2D eigenvalue weighted by Gasteiger charge is 2.10. The summed E-state index contributed by atoms with van der Waals surface area (Å²) in [5, 5.41) is 4.21. The number of benzene rings is 1. The van der Waals surface area contributed by atoms with Crippen molar-refractivity contribution < 1.29 is 9.18 Å². The number of aldehydes is 1. The van der Waals surface area contributed by atoms with E-state index >= 15 is 0 Å². The number of carbonyl (C=O) groups excluding carboxylic acids is 1. The van der Waals surface area contributed by atoms with Gasteiger partial charge < -0.3 is 0 Å². The zero-order chi connectivity index (χ0) is 12.4. The van der Waals surface area contributed by atoms with E-state index in [4.69, 9.17) is 0 Å². The van der Waals surface area contributed by atoms with Gasteiger partial charge in [-0.3, -0.25) is 9.48 Å². The van der Waals surface area contributed by atoms with E-state index in [0.717, 1.165) is 23.4 Å². The van der Waals surface area contributed by atoms with Gasteiger partial charge in [0.2, 0.25) is 0 Å². The van der Waals surface area contributed by atoms with Crippen LogP contribution in [0.5, 0.6) is 0 Å². The van der Waals surface area contributed by atoms with Crippen molar-refractivity contribution in [1.29, 1.82) is 0 Å². The molecule has 0 radical (unpaired) electrons. The molecule has 0 atom stereocenters. The predicted molar refractivity (Wildman–Crippen MR) is 63.4 cm³/mol. The van der Waals surface area contributed by atoms with E-state index in [0.29, 0.717) is 6.29 Å². The molecule has 0 unspecified atom stereocenters. The van der Waals surface area contributed by atoms with E-state index in [-0.39, 0.29) is 5.56 Å². The second kappa shape index (κ2) is 4.49. The van der Waals surface area contributed by atoms with Crippen molar-refractivity contribution in [3.8, 4) is 11.1 Å². The number of halogens is 1. The average molecular weight is 232 g/mol. The SMILES string of the molecule is CCn1ncc(-c2ccc(C=O)c(F)c2)c1C. The third kappa shape index (κ3) is 1.98. The second-order valence-corrected chi connectivity index (χ2v) is 3.81. The number of rotatable bonds is 3. The van der Waals surface area contributed by atoms with Gasteiger partial charge in [0.05, 0.1) is 11.8 Å². The van der Waals surface area contributed by atoms with Crippen LogP contribution < -0.4 is 0 Å². The Labute approximate surface area is 98.9 Å². The highest BCUT2D eigenvalue weighted by atomic mass is 19.1. The topological polar surface area (TPSA) is 34.9 Å². The Morgan fingerprint density at radius 3 is 2.76 bits per heavy atom. The molecule has 0 aliphatic heterocycles. The maximum absolute atomic E-state index is 13.5. The highest BCUT2D eigenvalue weighted by molar-refractivity contribution is 5.77. The van der Waals surface area contributed by atoms with Gasteiger partial charge in [0.15, 0.2) is 6.29 Å². The van der Waals surface area contributed by atoms with Crippen LogP contribution in [0.3, 0.4) is 0 Å². The lowest BCUT2D eigenvalue weighted by molar-refractivity contribution is 0.112. The monoisotopic (exact) mass is 232 g/mol. The summed E-state index contributed by atoms with van der Waals surface area (Å²) in [6.45, 7) is 4.72. The van der Waals surface area contributed by atoms with Gasteiger partial charge in [-0.05, 0) is 31.5 Å². The Hall–Kier alpha value is -1.97. The van der Waals surface area contributed by atoms with Crippen LogP contribution in [0.25, 0.3) is 11.1 Å². The van der Waals surface area contributed by atoms with Gasteiger partial charge in [-0.1, -0.05) is 6.07 Å². The molecule has 0 aliphatic rings. The first-order valence-electron chi connectivity index (χ1n) is 5.45. The fourth-order valence-corrected chi connectivity index (χ4v) is 1.84. The van der Waals surface area contributed by atoms with Crippen LogP contribution >= 0.6 is 0 Å². The minimum absolute atomic E-state index is 0.0780. The lowest BCUT2D eigenvalue weighted by Gasteiger charge is -2.03. The van der Waals surface area contributed by atoms with Gasteiger partial charge in [-0.2, -0.15) is 5.10 Å². The Morgan fingerprint density at radius 2 is 2.24 bits per heavy atom. The van der Waals surface area contributed by atoms with Crippen molar-refractivity contribution >= 4 is 6.29 Å². The molecular formula is C13H13FN2O. The van der Waals surface area contributed by atoms with Crippen LogP contribution in [-0.2, 0) is 6.54 Å². The Bertz CT molecular complexity index is 561. The summed E-state index contributed by atoms with van der Waals surface area (Å²) in [4.78, 5) is 10.5. The van der Waals surface area contributed by atoms with E-state index in [1.54, 1.807) is 12.3 Å². The summed E-state index contributed by atoms with van der Waals surface area (Å²) in [6.07, 6.45) is 2.23. The molecule has 88 valence electrons. The standard InChI is InChI=1S/C13H13FN2O/c1-3-16-9(2)12(7-15-16)10-4-5-11(8-17)13(14)6-10/h4-8H,3H2,1-2H3. The summed E-state index contributed by atoms with van der Waals surface area (Å²) in [5.41, 5.74) is 2.70. The fraction of sp³-hybridized carbons (Fsp3) is 0.231. The summed E-state index contributed by atoms with van der Waals surface area (Å²) >= 11 is 0. The maximum atomic E-state index is 13.5. The van der Waals surface area contributed by atoms with Gasteiger partial charge in [0, 0.05) is 17.8 Å². The summed E-state index contributed by atoms with van der Waals surface area (Å²) in [6, 6.07) is 4.59. The number of hydrogen-bond acceptors (Lipinski definition) is 2. The molecule has 17 heavy (non-hydrogen) atoms. The molecule has 0 spiro atoms. The van der Waals surface area contributed by atoms with Gasteiger partial charge in [0.1, 0.15) is 5.82 Å². The maximum Gasteiger partial charge on any atom is 0.152 e. The third-order valence-corrected chi connectivity index (χ3v) is 2.84. The van der Waals surface area contributed by atoms with Crippen LogP contribution in [0.4, 0.5) is 4.39 Å². The second-order valence-electron chi connectivity index (χ2n) is 3.81. The van der Waals surface area contributed by atoms with Gasteiger partial charge >= 0.3 is 0 Å². The smallest absolute Gasteiger partial charge is 0.152 e. The molecule has 1 aromatic heterocycles. The van der Waals surface area contributed by atoms with E-state index in [1.165, 1.54) is 12.1 Å². The zero-order valence-electron chi connectivity index (χ0n) is 9.77. The molecule has 0 amide bonds. The summed E-state index contributed by atoms with van der Waals surface area (Å²) < 4.78 is 15.3. The van der Waals surface area contributed by atoms with Gasteiger partial charge in [0.25, 0.3) is 0 Å². The first-order chi connectivity index (χ1) is 8.17. The summed E-state index contributed by atoms with van der Waals surface area (Å²) in [7, 11) is 0. The Kier molecular flexibility index (Phi) is 3.04. The van der Waals surface area contributed by atoms with Crippen LogP contribution in [-0.4, -0.2) is 16.1 Å². The number of hydrogen-bond donors (Lipinski definition) is 0. The van der Waals surface area contributed by atoms with Crippen molar-refractivity contribution in [3.63, 3.8) is 0 Å². The normalized spacial score (nSPS) is 10.5. The fourth-order valence-electron chi connectivity index (χ4n) is 1.84. The van der Waals surface area contributed by atoms with Crippen molar-refractivity contribution in [3.05, 3.63) is 41.5 Å². The highest BCUT2D eigenvalue weighted by Crippen LogP contribution is 2.24. The molecular weight excluding hydrogens is 219 g/mol. The third-order valence-electron chi connectivity index (χ3n) is 2.84. The lowest BCUT2D eigenvalue weighted by atomic mass is 10.0. The van der Waals surface area contributed by atoms with Crippen molar-refractivity contribution in [1.82, 2.24) is 9.78 Å². The first-order valence-corrected chi connectivity index (χ1v) is 5.45. The molecule has 4 heteroatoms. The molecule has 0 fully saturated rings. The van der Waals surface area contributed by atoms with Crippen molar-refractivity contribution in [2.75, 3.05) is 0 Å². The van der Waals surface area contributed by atoms with Gasteiger partial charge in [-0.15, -0.1) is 0 Å². The van der Waals surface area contributed by atoms with E-state index in [2.05, 4.69) is 5.10 Å². The molecule has 1 aromatic carbocycles. The molecule has 2 aromatic rings. The van der Waals surface area contributed by atoms with Crippen LogP contribution in [0.2, 0.25) is 0 Å².